The maximum Gasteiger partial charge on any atom is 0.244 e. The summed E-state index contributed by atoms with van der Waals surface area (Å²) in [6.07, 6.45) is 7.28. The molecule has 1 amide bonds. The number of aryl methyl sites for hydroxylation is 1. The van der Waals surface area contributed by atoms with Crippen LogP contribution in [0.3, 0.4) is 0 Å². The van der Waals surface area contributed by atoms with Gasteiger partial charge in [-0.3, -0.25) is 15.0 Å². The minimum Gasteiger partial charge on any atom is -0.352 e. The first-order valence-electron chi connectivity index (χ1n) is 8.92. The van der Waals surface area contributed by atoms with Crippen LogP contribution >= 0.6 is 0 Å². The van der Waals surface area contributed by atoms with Crippen molar-refractivity contribution in [3.63, 3.8) is 0 Å². The molecule has 0 bridgehead atoms. The maximum absolute atomic E-state index is 12.3. The van der Waals surface area contributed by atoms with Crippen molar-refractivity contribution in [1.29, 1.82) is 0 Å². The number of amides is 1. The zero-order valence-electron chi connectivity index (χ0n) is 14.0. The standard InChI is InChI=1S/C19H25N3O2/c23-18(12-11-14-7-3-1-4-8-14)16-13-17(22-21-16)19(24)20-15-9-5-2-6-10-15/h1,3-4,7-8,15,17,22H,2,5-6,9-13H2,(H,20,24). The number of hydrazone groups is 1. The second kappa shape index (κ2) is 8.08. The van der Waals surface area contributed by atoms with Crippen molar-refractivity contribution >= 4 is 17.4 Å². The first kappa shape index (κ1) is 16.7. The average molecular weight is 327 g/mol. The molecule has 128 valence electrons. The second-order valence-corrected chi connectivity index (χ2v) is 6.70. The molecule has 24 heavy (non-hydrogen) atoms. The van der Waals surface area contributed by atoms with Gasteiger partial charge in [0.25, 0.3) is 0 Å². The molecule has 1 aliphatic heterocycles. The molecule has 1 atom stereocenters. The molecule has 2 aliphatic rings. The summed E-state index contributed by atoms with van der Waals surface area (Å²) in [5, 5.41) is 7.19. The fraction of sp³-hybridized carbons (Fsp3) is 0.526. The van der Waals surface area contributed by atoms with Crippen LogP contribution in [0.15, 0.2) is 35.4 Å². The van der Waals surface area contributed by atoms with Crippen LogP contribution in [0.5, 0.6) is 0 Å². The van der Waals surface area contributed by atoms with Crippen LogP contribution in [0.4, 0.5) is 0 Å². The third-order valence-corrected chi connectivity index (χ3v) is 4.83. The third-order valence-electron chi connectivity index (χ3n) is 4.83. The molecule has 3 rings (SSSR count). The summed E-state index contributed by atoms with van der Waals surface area (Å²) in [6, 6.07) is 9.82. The fourth-order valence-corrected chi connectivity index (χ4v) is 3.36. The Bertz CT molecular complexity index is 606. The number of rotatable bonds is 6. The van der Waals surface area contributed by atoms with E-state index in [-0.39, 0.29) is 17.7 Å². The topological polar surface area (TPSA) is 70.6 Å². The molecule has 1 heterocycles. The minimum absolute atomic E-state index is 0.0271. The smallest absolute Gasteiger partial charge is 0.244 e. The summed E-state index contributed by atoms with van der Waals surface area (Å²) in [5.74, 6) is -0.00386. The van der Waals surface area contributed by atoms with Gasteiger partial charge >= 0.3 is 0 Å². The Morgan fingerprint density at radius 2 is 1.88 bits per heavy atom. The molecule has 5 heteroatoms. The highest BCUT2D eigenvalue weighted by atomic mass is 16.2. The van der Waals surface area contributed by atoms with Gasteiger partial charge in [0.2, 0.25) is 5.91 Å². The van der Waals surface area contributed by atoms with Gasteiger partial charge in [-0.2, -0.15) is 5.10 Å². The van der Waals surface area contributed by atoms with E-state index in [2.05, 4.69) is 15.8 Å². The second-order valence-electron chi connectivity index (χ2n) is 6.70. The number of hydrogen-bond donors (Lipinski definition) is 2. The van der Waals surface area contributed by atoms with Crippen molar-refractivity contribution in [1.82, 2.24) is 10.7 Å². The minimum atomic E-state index is -0.400. The van der Waals surface area contributed by atoms with Crippen LogP contribution in [0.1, 0.15) is 50.5 Å². The Hall–Kier alpha value is -2.17. The molecule has 0 saturated heterocycles. The molecule has 1 unspecified atom stereocenters. The van der Waals surface area contributed by atoms with E-state index in [1.807, 2.05) is 30.3 Å². The first-order chi connectivity index (χ1) is 11.7. The quantitative estimate of drug-likeness (QED) is 0.842. The number of carbonyl (C=O) groups excluding carboxylic acids is 2. The van der Waals surface area contributed by atoms with E-state index in [4.69, 9.17) is 0 Å². The highest BCUT2D eigenvalue weighted by Gasteiger charge is 2.30. The van der Waals surface area contributed by atoms with Gasteiger partial charge < -0.3 is 5.32 Å². The molecule has 0 aromatic heterocycles. The molecule has 1 saturated carbocycles. The predicted octanol–water partition coefficient (Wildman–Crippen LogP) is 2.36. The number of carbonyl (C=O) groups is 2. The SMILES string of the molecule is O=C(CCc1ccccc1)C1=NNC(C(=O)NC2CCCCC2)C1. The van der Waals surface area contributed by atoms with E-state index < -0.39 is 6.04 Å². The number of ketones is 1. The number of hydrogen-bond acceptors (Lipinski definition) is 4. The van der Waals surface area contributed by atoms with Gasteiger partial charge in [0, 0.05) is 18.9 Å². The lowest BCUT2D eigenvalue weighted by atomic mass is 9.95. The molecular formula is C19H25N3O2. The van der Waals surface area contributed by atoms with Crippen LogP contribution in [-0.2, 0) is 16.0 Å². The van der Waals surface area contributed by atoms with E-state index >= 15 is 0 Å². The van der Waals surface area contributed by atoms with Crippen molar-refractivity contribution in [2.24, 2.45) is 5.10 Å². The number of Topliss-reactive ketones (excluding diaryl/α,β-unsaturated/α-hetero) is 1. The number of benzene rings is 1. The Balaban J connectivity index is 1.43. The summed E-state index contributed by atoms with van der Waals surface area (Å²) < 4.78 is 0. The molecule has 2 N–H and O–H groups in total. The molecule has 1 aromatic carbocycles. The molecule has 5 nitrogen and oxygen atoms in total. The van der Waals surface area contributed by atoms with E-state index in [1.165, 1.54) is 19.3 Å². The molecule has 1 fully saturated rings. The number of nitrogens with zero attached hydrogens (tertiary/aromatic N) is 1. The maximum atomic E-state index is 12.3. The Morgan fingerprint density at radius 3 is 2.62 bits per heavy atom. The van der Waals surface area contributed by atoms with Crippen molar-refractivity contribution in [2.45, 2.75) is 63.5 Å². The summed E-state index contributed by atoms with van der Waals surface area (Å²) in [5.41, 5.74) is 4.47. The molecule has 1 aromatic rings. The first-order valence-corrected chi connectivity index (χ1v) is 8.92. The summed E-state index contributed by atoms with van der Waals surface area (Å²) in [6.45, 7) is 0. The van der Waals surface area contributed by atoms with Gasteiger partial charge in [0.05, 0.1) is 0 Å². The van der Waals surface area contributed by atoms with Crippen molar-refractivity contribution in [3.8, 4) is 0 Å². The van der Waals surface area contributed by atoms with Gasteiger partial charge in [-0.05, 0) is 24.8 Å². The fourth-order valence-electron chi connectivity index (χ4n) is 3.36. The lowest BCUT2D eigenvalue weighted by Crippen LogP contribution is -2.45. The normalized spacial score (nSPS) is 21.0. The van der Waals surface area contributed by atoms with E-state index in [9.17, 15) is 9.59 Å². The van der Waals surface area contributed by atoms with E-state index in [0.29, 0.717) is 25.0 Å². The van der Waals surface area contributed by atoms with Crippen LogP contribution in [0, 0.1) is 0 Å². The van der Waals surface area contributed by atoms with Gasteiger partial charge in [-0.1, -0.05) is 49.6 Å². The van der Waals surface area contributed by atoms with Crippen molar-refractivity contribution in [2.75, 3.05) is 0 Å². The average Bonchev–Trinajstić information content (AvgIpc) is 3.12. The van der Waals surface area contributed by atoms with Crippen LogP contribution in [0.25, 0.3) is 0 Å². The van der Waals surface area contributed by atoms with Crippen LogP contribution in [-0.4, -0.2) is 29.5 Å². The zero-order chi connectivity index (χ0) is 16.8. The van der Waals surface area contributed by atoms with E-state index in [0.717, 1.165) is 18.4 Å². The van der Waals surface area contributed by atoms with Gasteiger partial charge in [-0.15, -0.1) is 0 Å². The summed E-state index contributed by atoms with van der Waals surface area (Å²) in [7, 11) is 0. The molecule has 1 aliphatic carbocycles. The molecule has 0 spiro atoms. The van der Waals surface area contributed by atoms with Crippen LogP contribution in [0.2, 0.25) is 0 Å². The number of nitrogens with one attached hydrogen (secondary N) is 2. The molecular weight excluding hydrogens is 302 g/mol. The van der Waals surface area contributed by atoms with E-state index in [1.54, 1.807) is 0 Å². The third kappa shape index (κ3) is 4.43. The van der Waals surface area contributed by atoms with Crippen molar-refractivity contribution in [3.05, 3.63) is 35.9 Å². The predicted molar refractivity (Wildman–Crippen MR) is 93.8 cm³/mol. The Morgan fingerprint density at radius 1 is 1.12 bits per heavy atom. The van der Waals surface area contributed by atoms with Gasteiger partial charge in [-0.25, -0.2) is 0 Å². The Kier molecular flexibility index (Phi) is 5.62. The molecule has 0 radical (unpaired) electrons. The zero-order valence-corrected chi connectivity index (χ0v) is 14.0. The van der Waals surface area contributed by atoms with Gasteiger partial charge in [0.1, 0.15) is 11.8 Å². The Labute approximate surface area is 142 Å². The van der Waals surface area contributed by atoms with Gasteiger partial charge in [0.15, 0.2) is 5.78 Å². The lowest BCUT2D eigenvalue weighted by molar-refractivity contribution is -0.123. The highest BCUT2D eigenvalue weighted by Crippen LogP contribution is 2.18. The van der Waals surface area contributed by atoms with Crippen LogP contribution < -0.4 is 10.7 Å². The lowest BCUT2D eigenvalue weighted by Gasteiger charge is -2.24. The summed E-state index contributed by atoms with van der Waals surface area (Å²) >= 11 is 0. The van der Waals surface area contributed by atoms with Crippen molar-refractivity contribution < 1.29 is 9.59 Å². The largest absolute Gasteiger partial charge is 0.352 e. The highest BCUT2D eigenvalue weighted by molar-refractivity contribution is 6.40. The summed E-state index contributed by atoms with van der Waals surface area (Å²) in [4.78, 5) is 24.6. The monoisotopic (exact) mass is 327 g/mol.